The van der Waals surface area contributed by atoms with E-state index in [1.54, 1.807) is 7.11 Å². The molecule has 0 unspecified atom stereocenters. The fourth-order valence-electron chi connectivity index (χ4n) is 2.65. The summed E-state index contributed by atoms with van der Waals surface area (Å²) in [6.07, 6.45) is 3.43. The van der Waals surface area contributed by atoms with Crippen LogP contribution in [0.5, 0.6) is 0 Å². The maximum atomic E-state index is 12.3. The predicted molar refractivity (Wildman–Crippen MR) is 86.9 cm³/mol. The van der Waals surface area contributed by atoms with Gasteiger partial charge >= 0.3 is 0 Å². The van der Waals surface area contributed by atoms with Crippen molar-refractivity contribution >= 4 is 18.3 Å². The second-order valence-electron chi connectivity index (χ2n) is 5.29. The minimum absolute atomic E-state index is 0. The van der Waals surface area contributed by atoms with Gasteiger partial charge in [0.25, 0.3) is 5.91 Å². The van der Waals surface area contributed by atoms with Gasteiger partial charge in [0.2, 0.25) is 0 Å². The SMILES string of the molecule is COC1(C(=O)NCCCc2ccccc2)CCNCC1.Cl. The van der Waals surface area contributed by atoms with Crippen LogP contribution in [0.1, 0.15) is 24.8 Å². The predicted octanol–water partition coefficient (Wildman–Crippen LogP) is 1.93. The molecule has 1 aliphatic heterocycles. The van der Waals surface area contributed by atoms with Gasteiger partial charge < -0.3 is 15.4 Å². The number of benzene rings is 1. The highest BCUT2D eigenvalue weighted by molar-refractivity contribution is 5.85. The average molecular weight is 313 g/mol. The van der Waals surface area contributed by atoms with Gasteiger partial charge in [0.15, 0.2) is 0 Å². The fourth-order valence-corrected chi connectivity index (χ4v) is 2.65. The lowest BCUT2D eigenvalue weighted by Gasteiger charge is -2.34. The Morgan fingerprint density at radius 2 is 1.95 bits per heavy atom. The normalized spacial score (nSPS) is 16.8. The van der Waals surface area contributed by atoms with Crippen molar-refractivity contribution in [3.05, 3.63) is 35.9 Å². The van der Waals surface area contributed by atoms with Crippen molar-refractivity contribution in [1.82, 2.24) is 10.6 Å². The number of nitrogens with one attached hydrogen (secondary N) is 2. The molecule has 21 heavy (non-hydrogen) atoms. The van der Waals surface area contributed by atoms with E-state index in [0.717, 1.165) is 38.8 Å². The maximum absolute atomic E-state index is 12.3. The molecule has 1 aliphatic rings. The molecule has 1 fully saturated rings. The summed E-state index contributed by atoms with van der Waals surface area (Å²) >= 11 is 0. The second-order valence-corrected chi connectivity index (χ2v) is 5.29. The van der Waals surface area contributed by atoms with Gasteiger partial charge in [-0.3, -0.25) is 4.79 Å². The molecule has 4 nitrogen and oxygen atoms in total. The number of carbonyl (C=O) groups excluding carboxylic acids is 1. The molecule has 1 heterocycles. The molecular formula is C16H25ClN2O2. The average Bonchev–Trinajstić information content (AvgIpc) is 2.53. The Hall–Kier alpha value is -1.10. The molecule has 1 saturated heterocycles. The number of piperidine rings is 1. The summed E-state index contributed by atoms with van der Waals surface area (Å²) in [5, 5.41) is 6.28. The molecule has 118 valence electrons. The van der Waals surface area contributed by atoms with Gasteiger partial charge in [-0.2, -0.15) is 0 Å². The molecule has 5 heteroatoms. The van der Waals surface area contributed by atoms with Crippen LogP contribution in [0.4, 0.5) is 0 Å². The summed E-state index contributed by atoms with van der Waals surface area (Å²) in [7, 11) is 1.63. The molecule has 2 N–H and O–H groups in total. The standard InChI is InChI=1S/C16H24N2O2.ClH/c1-20-16(9-12-17-13-10-16)15(19)18-11-5-8-14-6-3-2-4-7-14;/h2-4,6-7,17H,5,8-13H2,1H3,(H,18,19);1H. The van der Waals surface area contributed by atoms with Crippen LogP contribution in [0, 0.1) is 0 Å². The first-order valence-electron chi connectivity index (χ1n) is 7.35. The molecule has 2 rings (SSSR count). The number of hydrogen-bond donors (Lipinski definition) is 2. The zero-order valence-corrected chi connectivity index (χ0v) is 13.4. The number of methoxy groups -OCH3 is 1. The van der Waals surface area contributed by atoms with Crippen LogP contribution >= 0.6 is 12.4 Å². The third-order valence-electron chi connectivity index (χ3n) is 3.99. The van der Waals surface area contributed by atoms with E-state index in [0.29, 0.717) is 6.54 Å². The Bertz CT molecular complexity index is 420. The number of hydrogen-bond acceptors (Lipinski definition) is 3. The highest BCUT2D eigenvalue weighted by Crippen LogP contribution is 2.22. The minimum atomic E-state index is -0.627. The Balaban J connectivity index is 0.00000220. The number of carbonyl (C=O) groups is 1. The van der Waals surface area contributed by atoms with Crippen molar-refractivity contribution in [2.75, 3.05) is 26.7 Å². The highest BCUT2D eigenvalue weighted by Gasteiger charge is 2.39. The topological polar surface area (TPSA) is 50.4 Å². The molecule has 0 radical (unpaired) electrons. The van der Waals surface area contributed by atoms with Gasteiger partial charge in [0.05, 0.1) is 0 Å². The zero-order valence-electron chi connectivity index (χ0n) is 12.6. The van der Waals surface area contributed by atoms with Crippen molar-refractivity contribution in [1.29, 1.82) is 0 Å². The smallest absolute Gasteiger partial charge is 0.252 e. The van der Waals surface area contributed by atoms with Crippen molar-refractivity contribution in [3.8, 4) is 0 Å². The summed E-state index contributed by atoms with van der Waals surface area (Å²) in [6, 6.07) is 10.3. The van der Waals surface area contributed by atoms with Gasteiger partial charge in [-0.15, -0.1) is 12.4 Å². The molecule has 0 bridgehead atoms. The number of amides is 1. The number of ether oxygens (including phenoxy) is 1. The molecule has 0 aliphatic carbocycles. The van der Waals surface area contributed by atoms with Crippen LogP contribution in [0.3, 0.4) is 0 Å². The van der Waals surface area contributed by atoms with E-state index in [2.05, 4.69) is 22.8 Å². The van der Waals surface area contributed by atoms with E-state index in [1.165, 1.54) is 5.56 Å². The van der Waals surface area contributed by atoms with Gasteiger partial charge in [-0.1, -0.05) is 30.3 Å². The van der Waals surface area contributed by atoms with Crippen molar-refractivity contribution < 1.29 is 9.53 Å². The van der Waals surface area contributed by atoms with Gasteiger partial charge in [-0.25, -0.2) is 0 Å². The molecule has 0 aromatic heterocycles. The third kappa shape index (κ3) is 4.99. The van der Waals surface area contributed by atoms with E-state index >= 15 is 0 Å². The largest absolute Gasteiger partial charge is 0.368 e. The van der Waals surface area contributed by atoms with E-state index in [-0.39, 0.29) is 18.3 Å². The van der Waals surface area contributed by atoms with E-state index in [4.69, 9.17) is 4.74 Å². The van der Waals surface area contributed by atoms with Crippen LogP contribution in [0.15, 0.2) is 30.3 Å². The Labute approximate surface area is 133 Å². The van der Waals surface area contributed by atoms with E-state index in [1.807, 2.05) is 18.2 Å². The van der Waals surface area contributed by atoms with Crippen LogP contribution < -0.4 is 10.6 Å². The zero-order chi connectivity index (χ0) is 14.3. The molecular weight excluding hydrogens is 288 g/mol. The number of halogens is 1. The van der Waals surface area contributed by atoms with E-state index < -0.39 is 5.60 Å². The first-order valence-corrected chi connectivity index (χ1v) is 7.35. The van der Waals surface area contributed by atoms with Crippen molar-refractivity contribution in [3.63, 3.8) is 0 Å². The first-order chi connectivity index (χ1) is 9.77. The molecule has 0 atom stereocenters. The van der Waals surface area contributed by atoms with Gasteiger partial charge in [-0.05, 0) is 44.3 Å². The Kier molecular flexibility index (Phi) is 7.72. The van der Waals surface area contributed by atoms with Crippen molar-refractivity contribution in [2.24, 2.45) is 0 Å². The summed E-state index contributed by atoms with van der Waals surface area (Å²) < 4.78 is 5.50. The summed E-state index contributed by atoms with van der Waals surface area (Å²) in [4.78, 5) is 12.3. The maximum Gasteiger partial charge on any atom is 0.252 e. The highest BCUT2D eigenvalue weighted by atomic mass is 35.5. The van der Waals surface area contributed by atoms with E-state index in [9.17, 15) is 4.79 Å². The second kappa shape index (κ2) is 9.03. The summed E-state index contributed by atoms with van der Waals surface area (Å²) in [6.45, 7) is 2.38. The molecule has 0 spiro atoms. The molecule has 0 saturated carbocycles. The lowest BCUT2D eigenvalue weighted by Crippen LogP contribution is -2.54. The van der Waals surface area contributed by atoms with Gasteiger partial charge in [0.1, 0.15) is 5.60 Å². The summed E-state index contributed by atoms with van der Waals surface area (Å²) in [5.74, 6) is 0.0366. The molecule has 1 aromatic carbocycles. The van der Waals surface area contributed by atoms with Crippen LogP contribution in [0.2, 0.25) is 0 Å². The molecule has 1 aromatic rings. The number of aryl methyl sites for hydroxylation is 1. The van der Waals surface area contributed by atoms with Gasteiger partial charge in [0, 0.05) is 13.7 Å². The van der Waals surface area contributed by atoms with Crippen LogP contribution in [-0.4, -0.2) is 38.3 Å². The monoisotopic (exact) mass is 312 g/mol. The molecule has 1 amide bonds. The third-order valence-corrected chi connectivity index (χ3v) is 3.99. The minimum Gasteiger partial charge on any atom is -0.368 e. The Morgan fingerprint density at radius 1 is 1.29 bits per heavy atom. The lowest BCUT2D eigenvalue weighted by atomic mass is 9.91. The lowest BCUT2D eigenvalue weighted by molar-refractivity contribution is -0.146. The Morgan fingerprint density at radius 3 is 2.57 bits per heavy atom. The van der Waals surface area contributed by atoms with Crippen LogP contribution in [0.25, 0.3) is 0 Å². The quantitative estimate of drug-likeness (QED) is 0.789. The van der Waals surface area contributed by atoms with Crippen molar-refractivity contribution in [2.45, 2.75) is 31.3 Å². The number of rotatable bonds is 6. The van der Waals surface area contributed by atoms with Crippen LogP contribution in [-0.2, 0) is 16.0 Å². The summed E-state index contributed by atoms with van der Waals surface area (Å²) in [5.41, 5.74) is 0.683. The fraction of sp³-hybridized carbons (Fsp3) is 0.562. The first kappa shape index (κ1) is 18.0.